The van der Waals surface area contributed by atoms with Gasteiger partial charge in [-0.15, -0.1) is 0 Å². The molecule has 1 nitrogen and oxygen atoms in total. The van der Waals surface area contributed by atoms with E-state index in [9.17, 15) is 0 Å². The standard InChI is InChI=1S/C8H13N/c1-5-7-4-6-2-3-9(6)8(5)7/h5-8H,2-4H2,1H3. The summed E-state index contributed by atoms with van der Waals surface area (Å²) in [5.74, 6) is 2.18. The monoisotopic (exact) mass is 123 g/mol. The summed E-state index contributed by atoms with van der Waals surface area (Å²) in [5, 5.41) is 0. The Hall–Kier alpha value is -0.0400. The van der Waals surface area contributed by atoms with E-state index in [1.165, 1.54) is 19.4 Å². The molecule has 2 aliphatic heterocycles. The Morgan fingerprint density at radius 3 is 2.78 bits per heavy atom. The maximum atomic E-state index is 2.72. The predicted octanol–water partition coefficient (Wildman–Crippen LogP) is 1.10. The lowest BCUT2D eigenvalue weighted by atomic mass is 10.00. The van der Waals surface area contributed by atoms with Gasteiger partial charge in [0.05, 0.1) is 0 Å². The van der Waals surface area contributed by atoms with Crippen molar-refractivity contribution in [2.75, 3.05) is 6.54 Å². The first kappa shape index (κ1) is 4.73. The second-order valence-corrected chi connectivity index (χ2v) is 3.93. The molecular weight excluding hydrogens is 110 g/mol. The number of hydrogen-bond donors (Lipinski definition) is 0. The van der Waals surface area contributed by atoms with Gasteiger partial charge in [-0.2, -0.15) is 0 Å². The lowest BCUT2D eigenvalue weighted by molar-refractivity contribution is 0.100. The first-order valence-corrected chi connectivity index (χ1v) is 4.13. The van der Waals surface area contributed by atoms with Gasteiger partial charge in [-0.3, -0.25) is 4.90 Å². The molecule has 0 spiro atoms. The van der Waals surface area contributed by atoms with Crippen molar-refractivity contribution in [1.82, 2.24) is 4.90 Å². The molecule has 0 aromatic heterocycles. The lowest BCUT2D eigenvalue weighted by Gasteiger charge is -2.38. The zero-order valence-electron chi connectivity index (χ0n) is 5.88. The Balaban J connectivity index is 1.86. The van der Waals surface area contributed by atoms with Crippen molar-refractivity contribution in [3.05, 3.63) is 0 Å². The van der Waals surface area contributed by atoms with Crippen LogP contribution in [0.3, 0.4) is 0 Å². The highest BCUT2D eigenvalue weighted by Gasteiger charge is 2.60. The van der Waals surface area contributed by atoms with E-state index in [4.69, 9.17) is 0 Å². The van der Waals surface area contributed by atoms with Crippen LogP contribution in [0.4, 0.5) is 0 Å². The Morgan fingerprint density at radius 1 is 1.44 bits per heavy atom. The quantitative estimate of drug-likeness (QED) is 0.466. The fraction of sp³-hybridized carbons (Fsp3) is 1.00. The first-order chi connectivity index (χ1) is 4.38. The Labute approximate surface area is 56.0 Å². The maximum absolute atomic E-state index is 2.72. The van der Waals surface area contributed by atoms with Gasteiger partial charge >= 0.3 is 0 Å². The molecule has 0 N–H and O–H groups in total. The molecule has 50 valence electrons. The lowest BCUT2D eigenvalue weighted by Crippen LogP contribution is -2.46. The molecule has 0 aromatic carbocycles. The normalized spacial score (nSPS) is 62.3. The van der Waals surface area contributed by atoms with Crippen LogP contribution in [0.15, 0.2) is 0 Å². The molecular formula is C8H13N. The van der Waals surface area contributed by atoms with E-state index in [1.54, 1.807) is 0 Å². The van der Waals surface area contributed by atoms with E-state index in [-0.39, 0.29) is 0 Å². The van der Waals surface area contributed by atoms with Crippen LogP contribution >= 0.6 is 0 Å². The molecule has 4 atom stereocenters. The molecule has 1 heteroatoms. The summed E-state index contributed by atoms with van der Waals surface area (Å²) in [6, 6.07) is 2.08. The summed E-state index contributed by atoms with van der Waals surface area (Å²) in [5.41, 5.74) is 0. The van der Waals surface area contributed by atoms with Crippen LogP contribution in [0, 0.1) is 11.8 Å². The van der Waals surface area contributed by atoms with Crippen molar-refractivity contribution in [1.29, 1.82) is 0 Å². The number of fused-ring (bicyclic) bond motifs is 3. The Morgan fingerprint density at radius 2 is 2.33 bits per heavy atom. The summed E-state index contributed by atoms with van der Waals surface area (Å²) < 4.78 is 0. The SMILES string of the molecule is CC1C2CC3CCN3C12. The minimum atomic E-state index is 1.04. The number of hydrogen-bond acceptors (Lipinski definition) is 1. The van der Waals surface area contributed by atoms with Crippen molar-refractivity contribution < 1.29 is 0 Å². The van der Waals surface area contributed by atoms with E-state index >= 15 is 0 Å². The van der Waals surface area contributed by atoms with Crippen LogP contribution in [0.5, 0.6) is 0 Å². The van der Waals surface area contributed by atoms with Crippen LogP contribution in [0.2, 0.25) is 0 Å². The van der Waals surface area contributed by atoms with Gasteiger partial charge in [-0.25, -0.2) is 0 Å². The van der Waals surface area contributed by atoms with Gasteiger partial charge in [0.15, 0.2) is 0 Å². The summed E-state index contributed by atoms with van der Waals surface area (Å²) in [6.07, 6.45) is 3.03. The highest BCUT2D eigenvalue weighted by Crippen LogP contribution is 2.56. The molecule has 1 saturated carbocycles. The van der Waals surface area contributed by atoms with E-state index in [1.807, 2.05) is 0 Å². The molecule has 0 amide bonds. The van der Waals surface area contributed by atoms with E-state index in [2.05, 4.69) is 11.8 Å². The van der Waals surface area contributed by atoms with Crippen molar-refractivity contribution in [2.24, 2.45) is 11.8 Å². The predicted molar refractivity (Wildman–Crippen MR) is 36.2 cm³/mol. The summed E-state index contributed by atoms with van der Waals surface area (Å²) in [6.45, 7) is 3.82. The average molecular weight is 123 g/mol. The van der Waals surface area contributed by atoms with Gasteiger partial charge in [0, 0.05) is 18.6 Å². The largest absolute Gasteiger partial charge is 0.297 e. The molecule has 2 heterocycles. The molecule has 0 aromatic rings. The van der Waals surface area contributed by atoms with E-state index < -0.39 is 0 Å². The van der Waals surface area contributed by atoms with Crippen LogP contribution in [0.25, 0.3) is 0 Å². The molecule has 3 rings (SSSR count). The number of nitrogens with zero attached hydrogens (tertiary/aromatic N) is 1. The van der Waals surface area contributed by atoms with Crippen LogP contribution in [0.1, 0.15) is 19.8 Å². The van der Waals surface area contributed by atoms with Crippen molar-refractivity contribution >= 4 is 0 Å². The smallest absolute Gasteiger partial charge is 0.0159 e. The Bertz CT molecular complexity index is 155. The van der Waals surface area contributed by atoms with Gasteiger partial charge in [0.2, 0.25) is 0 Å². The third-order valence-electron chi connectivity index (χ3n) is 3.63. The highest BCUT2D eigenvalue weighted by molar-refractivity contribution is 5.13. The molecule has 2 saturated heterocycles. The van der Waals surface area contributed by atoms with Crippen molar-refractivity contribution in [3.8, 4) is 0 Å². The molecule has 0 bridgehead atoms. The van der Waals surface area contributed by atoms with Crippen LogP contribution < -0.4 is 0 Å². The van der Waals surface area contributed by atoms with Gasteiger partial charge in [-0.05, 0) is 24.7 Å². The minimum absolute atomic E-state index is 1.04. The second kappa shape index (κ2) is 1.20. The van der Waals surface area contributed by atoms with Gasteiger partial charge < -0.3 is 0 Å². The Kier molecular flexibility index (Phi) is 0.628. The molecule has 3 aliphatic rings. The second-order valence-electron chi connectivity index (χ2n) is 3.93. The molecule has 3 fully saturated rings. The van der Waals surface area contributed by atoms with Crippen LogP contribution in [-0.4, -0.2) is 23.5 Å². The minimum Gasteiger partial charge on any atom is -0.297 e. The molecule has 4 unspecified atom stereocenters. The van der Waals surface area contributed by atoms with Gasteiger partial charge in [0.1, 0.15) is 0 Å². The van der Waals surface area contributed by atoms with Gasteiger partial charge in [-0.1, -0.05) is 6.92 Å². The van der Waals surface area contributed by atoms with Crippen LogP contribution in [-0.2, 0) is 0 Å². The summed E-state index contributed by atoms with van der Waals surface area (Å²) >= 11 is 0. The fourth-order valence-electron chi connectivity index (χ4n) is 2.85. The van der Waals surface area contributed by atoms with Crippen molar-refractivity contribution in [3.63, 3.8) is 0 Å². The summed E-state index contributed by atoms with van der Waals surface area (Å²) in [4.78, 5) is 2.72. The zero-order valence-corrected chi connectivity index (χ0v) is 5.88. The van der Waals surface area contributed by atoms with E-state index in [0.29, 0.717) is 0 Å². The molecule has 9 heavy (non-hydrogen) atoms. The van der Waals surface area contributed by atoms with Crippen molar-refractivity contribution in [2.45, 2.75) is 31.8 Å². The fourth-order valence-corrected chi connectivity index (χ4v) is 2.85. The maximum Gasteiger partial charge on any atom is 0.0159 e. The van der Waals surface area contributed by atoms with Gasteiger partial charge in [0.25, 0.3) is 0 Å². The number of rotatable bonds is 0. The van der Waals surface area contributed by atoms with E-state index in [0.717, 1.165) is 23.9 Å². The topological polar surface area (TPSA) is 3.24 Å². The molecule has 1 aliphatic carbocycles. The average Bonchev–Trinajstić information content (AvgIpc) is 2.25. The zero-order chi connectivity index (χ0) is 6.01. The third-order valence-corrected chi connectivity index (χ3v) is 3.63. The highest BCUT2D eigenvalue weighted by atomic mass is 15.3. The molecule has 0 radical (unpaired) electrons. The number of piperidine rings is 1. The third kappa shape index (κ3) is 0.389. The first-order valence-electron chi connectivity index (χ1n) is 4.13. The summed E-state index contributed by atoms with van der Waals surface area (Å²) in [7, 11) is 0.